The number of nitrogens with one attached hydrogen (secondary N) is 1. The Labute approximate surface area is 203 Å². The van der Waals surface area contributed by atoms with Gasteiger partial charge in [-0.25, -0.2) is 9.18 Å². The van der Waals surface area contributed by atoms with Crippen molar-refractivity contribution in [3.8, 4) is 0 Å². The summed E-state index contributed by atoms with van der Waals surface area (Å²) in [4.78, 5) is 41.2. The van der Waals surface area contributed by atoms with Crippen LogP contribution in [-0.4, -0.2) is 55.5 Å². The van der Waals surface area contributed by atoms with Crippen molar-refractivity contribution in [3.05, 3.63) is 95.8 Å². The maximum absolute atomic E-state index is 14.0. The summed E-state index contributed by atoms with van der Waals surface area (Å²) < 4.78 is 19.3. The molecule has 0 aromatic heterocycles. The first kappa shape index (κ1) is 23.9. The molecule has 1 heterocycles. The highest BCUT2D eigenvalue weighted by Gasteiger charge is 2.24. The highest BCUT2D eigenvalue weighted by Crippen LogP contribution is 2.20. The van der Waals surface area contributed by atoms with Crippen molar-refractivity contribution >= 4 is 29.2 Å². The minimum absolute atomic E-state index is 0.168. The molecule has 8 heteroatoms. The number of piperazine rings is 1. The van der Waals surface area contributed by atoms with Crippen molar-refractivity contribution in [1.29, 1.82) is 0 Å². The van der Waals surface area contributed by atoms with Gasteiger partial charge in [0.1, 0.15) is 5.82 Å². The van der Waals surface area contributed by atoms with Crippen LogP contribution in [0.15, 0.2) is 78.9 Å². The van der Waals surface area contributed by atoms with Gasteiger partial charge in [0.15, 0.2) is 6.61 Å². The largest absolute Gasteiger partial charge is 0.452 e. The van der Waals surface area contributed by atoms with Gasteiger partial charge in [-0.15, -0.1) is 0 Å². The summed E-state index contributed by atoms with van der Waals surface area (Å²) in [6.45, 7) is 1.35. The molecular weight excluding hydrogens is 449 g/mol. The summed E-state index contributed by atoms with van der Waals surface area (Å²) in [6, 6.07) is 22.3. The standard InChI is InChI=1S/C27H26FN3O4/c28-22-11-5-7-13-24(22)30-14-16-31(17-15-30)26(33)19-35-27(34)21-10-4-6-12-23(21)29-25(32)18-20-8-2-1-3-9-20/h1-13H,14-19H2,(H,29,32). The third kappa shape index (κ3) is 6.23. The highest BCUT2D eigenvalue weighted by molar-refractivity contribution is 6.02. The number of carbonyl (C=O) groups excluding carboxylic acids is 3. The minimum Gasteiger partial charge on any atom is -0.452 e. The molecule has 1 fully saturated rings. The average molecular weight is 476 g/mol. The van der Waals surface area contributed by atoms with Crippen molar-refractivity contribution in [1.82, 2.24) is 4.90 Å². The fraction of sp³-hybridized carbons (Fsp3) is 0.222. The van der Waals surface area contributed by atoms with Crippen molar-refractivity contribution < 1.29 is 23.5 Å². The van der Waals surface area contributed by atoms with Gasteiger partial charge in [-0.2, -0.15) is 0 Å². The van der Waals surface area contributed by atoms with Gasteiger partial charge in [-0.05, 0) is 29.8 Å². The molecule has 1 saturated heterocycles. The summed E-state index contributed by atoms with van der Waals surface area (Å²) >= 11 is 0. The monoisotopic (exact) mass is 475 g/mol. The first-order chi connectivity index (χ1) is 17.0. The Hall–Kier alpha value is -4.20. The van der Waals surface area contributed by atoms with Crippen molar-refractivity contribution in [2.75, 3.05) is 43.0 Å². The molecule has 2 amide bonds. The fourth-order valence-corrected chi connectivity index (χ4v) is 3.95. The molecule has 0 radical (unpaired) electrons. The number of amides is 2. The van der Waals surface area contributed by atoms with Crippen LogP contribution in [0.1, 0.15) is 15.9 Å². The zero-order valence-electron chi connectivity index (χ0n) is 19.2. The quantitative estimate of drug-likeness (QED) is 0.529. The molecule has 180 valence electrons. The summed E-state index contributed by atoms with van der Waals surface area (Å²) in [5, 5.41) is 2.74. The van der Waals surface area contributed by atoms with Crippen LogP contribution in [0, 0.1) is 5.82 Å². The lowest BCUT2D eigenvalue weighted by Crippen LogP contribution is -2.50. The van der Waals surface area contributed by atoms with E-state index in [4.69, 9.17) is 4.74 Å². The molecule has 0 spiro atoms. The smallest absolute Gasteiger partial charge is 0.340 e. The maximum atomic E-state index is 14.0. The number of ether oxygens (including phenoxy) is 1. The van der Waals surface area contributed by atoms with E-state index in [0.29, 0.717) is 37.6 Å². The fourth-order valence-electron chi connectivity index (χ4n) is 3.95. The minimum atomic E-state index is -0.695. The van der Waals surface area contributed by atoms with Crippen LogP contribution >= 0.6 is 0 Å². The van der Waals surface area contributed by atoms with E-state index < -0.39 is 12.6 Å². The van der Waals surface area contributed by atoms with Crippen LogP contribution in [0.2, 0.25) is 0 Å². The van der Waals surface area contributed by atoms with Gasteiger partial charge in [0.05, 0.1) is 23.4 Å². The average Bonchev–Trinajstić information content (AvgIpc) is 2.88. The van der Waals surface area contributed by atoms with Crippen LogP contribution in [0.5, 0.6) is 0 Å². The summed E-state index contributed by atoms with van der Waals surface area (Å²) in [6.07, 6.45) is 0.168. The van der Waals surface area contributed by atoms with E-state index in [-0.39, 0.29) is 29.6 Å². The molecule has 0 atom stereocenters. The summed E-state index contributed by atoms with van der Waals surface area (Å²) in [5.41, 5.74) is 1.86. The number of benzene rings is 3. The second kappa shape index (κ2) is 11.3. The molecule has 3 aromatic carbocycles. The van der Waals surface area contributed by atoms with E-state index in [0.717, 1.165) is 5.56 Å². The van der Waals surface area contributed by atoms with Gasteiger partial charge < -0.3 is 19.9 Å². The van der Waals surface area contributed by atoms with Crippen molar-refractivity contribution in [3.63, 3.8) is 0 Å². The molecule has 1 aliphatic heterocycles. The number of carbonyl (C=O) groups is 3. The molecule has 0 bridgehead atoms. The van der Waals surface area contributed by atoms with Gasteiger partial charge in [0.2, 0.25) is 5.91 Å². The Bertz CT molecular complexity index is 1190. The number of esters is 1. The summed E-state index contributed by atoms with van der Waals surface area (Å²) in [7, 11) is 0. The van der Waals surface area contributed by atoms with Gasteiger partial charge in [-0.3, -0.25) is 9.59 Å². The van der Waals surface area contributed by atoms with E-state index in [1.165, 1.54) is 12.1 Å². The molecule has 1 aliphatic rings. The first-order valence-corrected chi connectivity index (χ1v) is 11.4. The second-order valence-electron chi connectivity index (χ2n) is 8.15. The molecule has 0 saturated carbocycles. The van der Waals surface area contributed by atoms with E-state index in [2.05, 4.69) is 5.32 Å². The predicted octanol–water partition coefficient (Wildman–Crippen LogP) is 3.51. The van der Waals surface area contributed by atoms with Crippen molar-refractivity contribution in [2.24, 2.45) is 0 Å². The maximum Gasteiger partial charge on any atom is 0.340 e. The summed E-state index contributed by atoms with van der Waals surface area (Å²) in [5.74, 6) is -1.58. The molecule has 4 rings (SSSR count). The van der Waals surface area contributed by atoms with E-state index >= 15 is 0 Å². The highest BCUT2D eigenvalue weighted by atomic mass is 19.1. The van der Waals surface area contributed by atoms with Crippen LogP contribution in [-0.2, 0) is 20.7 Å². The van der Waals surface area contributed by atoms with Gasteiger partial charge >= 0.3 is 5.97 Å². The lowest BCUT2D eigenvalue weighted by molar-refractivity contribution is -0.134. The SMILES string of the molecule is O=C(Cc1ccccc1)Nc1ccccc1C(=O)OCC(=O)N1CCN(c2ccccc2F)CC1. The first-order valence-electron chi connectivity index (χ1n) is 11.4. The molecule has 0 unspecified atom stereocenters. The zero-order valence-corrected chi connectivity index (χ0v) is 19.2. The number of rotatable bonds is 7. The number of anilines is 2. The number of hydrogen-bond donors (Lipinski definition) is 1. The number of nitrogens with zero attached hydrogens (tertiary/aromatic N) is 2. The molecular formula is C27H26FN3O4. The Kier molecular flexibility index (Phi) is 7.72. The van der Waals surface area contributed by atoms with Crippen LogP contribution in [0.4, 0.5) is 15.8 Å². The molecule has 1 N–H and O–H groups in total. The lowest BCUT2D eigenvalue weighted by Gasteiger charge is -2.36. The van der Waals surface area contributed by atoms with E-state index in [1.807, 2.05) is 35.2 Å². The topological polar surface area (TPSA) is 78.9 Å². The third-order valence-electron chi connectivity index (χ3n) is 5.78. The number of hydrogen-bond acceptors (Lipinski definition) is 5. The lowest BCUT2D eigenvalue weighted by atomic mass is 10.1. The van der Waals surface area contributed by atoms with Gasteiger partial charge in [0, 0.05) is 26.2 Å². The van der Waals surface area contributed by atoms with Gasteiger partial charge in [0.25, 0.3) is 5.91 Å². The van der Waals surface area contributed by atoms with Crippen LogP contribution in [0.25, 0.3) is 0 Å². The predicted molar refractivity (Wildman–Crippen MR) is 131 cm³/mol. The Morgan fingerprint density at radius 1 is 0.829 bits per heavy atom. The Balaban J connectivity index is 1.29. The molecule has 0 aliphatic carbocycles. The van der Waals surface area contributed by atoms with Crippen LogP contribution in [0.3, 0.4) is 0 Å². The molecule has 7 nitrogen and oxygen atoms in total. The van der Waals surface area contributed by atoms with E-state index in [9.17, 15) is 18.8 Å². The van der Waals surface area contributed by atoms with Crippen molar-refractivity contribution in [2.45, 2.75) is 6.42 Å². The molecule has 3 aromatic rings. The number of halogens is 1. The second-order valence-corrected chi connectivity index (χ2v) is 8.15. The Morgan fingerprint density at radius 2 is 1.49 bits per heavy atom. The van der Waals surface area contributed by atoms with Gasteiger partial charge in [-0.1, -0.05) is 54.6 Å². The zero-order chi connectivity index (χ0) is 24.6. The van der Waals surface area contributed by atoms with Crippen LogP contribution < -0.4 is 10.2 Å². The molecule has 35 heavy (non-hydrogen) atoms. The normalized spacial score (nSPS) is 13.3. The third-order valence-corrected chi connectivity index (χ3v) is 5.78. The van der Waals surface area contributed by atoms with E-state index in [1.54, 1.807) is 41.3 Å². The Morgan fingerprint density at radius 3 is 2.23 bits per heavy atom. The number of para-hydroxylation sites is 2.